The van der Waals surface area contributed by atoms with Gasteiger partial charge >= 0.3 is 0 Å². The molecule has 1 heterocycles. The number of nitrogens with zero attached hydrogens (tertiary/aromatic N) is 1. The van der Waals surface area contributed by atoms with Crippen LogP contribution in [0, 0.1) is 0 Å². The molecule has 0 aromatic heterocycles. The molecule has 1 aliphatic rings. The Morgan fingerprint density at radius 1 is 1.42 bits per heavy atom. The highest BCUT2D eigenvalue weighted by Crippen LogP contribution is 2.09. The van der Waals surface area contributed by atoms with Crippen molar-refractivity contribution >= 4 is 5.91 Å². The molecule has 1 aromatic carbocycles. The number of carbonyl (C=O) groups is 1. The highest BCUT2D eigenvalue weighted by molar-refractivity contribution is 5.76. The summed E-state index contributed by atoms with van der Waals surface area (Å²) in [5, 5.41) is 3.09. The molecule has 1 N–H and O–H groups in total. The van der Waals surface area contributed by atoms with Crippen LogP contribution in [-0.4, -0.2) is 50.2 Å². The van der Waals surface area contributed by atoms with Gasteiger partial charge in [0.05, 0.1) is 12.7 Å². The summed E-state index contributed by atoms with van der Waals surface area (Å²) in [6.45, 7) is 2.86. The molecule has 0 spiro atoms. The summed E-state index contributed by atoms with van der Waals surface area (Å²) in [6.07, 6.45) is 1.52. The molecule has 104 valence electrons. The molecule has 1 amide bonds. The summed E-state index contributed by atoms with van der Waals surface area (Å²) in [6, 6.07) is 10.2. The third-order valence-electron chi connectivity index (χ3n) is 3.39. The first-order valence-electron chi connectivity index (χ1n) is 6.87. The van der Waals surface area contributed by atoms with E-state index in [0.717, 1.165) is 13.0 Å². The van der Waals surface area contributed by atoms with Crippen LogP contribution >= 0.6 is 0 Å². The summed E-state index contributed by atoms with van der Waals surface area (Å²) in [5.74, 6) is 0.230. The maximum Gasteiger partial charge on any atom is 0.223 e. The molecule has 1 atom stereocenters. The van der Waals surface area contributed by atoms with Gasteiger partial charge in [0.1, 0.15) is 0 Å². The van der Waals surface area contributed by atoms with Gasteiger partial charge in [-0.3, -0.25) is 4.79 Å². The Kier molecular flexibility index (Phi) is 5.36. The molecule has 1 saturated heterocycles. The van der Waals surface area contributed by atoms with Gasteiger partial charge in [-0.25, -0.2) is 0 Å². The molecule has 0 aliphatic carbocycles. The predicted octanol–water partition coefficient (Wildman–Crippen LogP) is 1.07. The molecule has 0 radical (unpaired) electrons. The van der Waals surface area contributed by atoms with Crippen molar-refractivity contribution in [1.82, 2.24) is 10.2 Å². The lowest BCUT2D eigenvalue weighted by molar-refractivity contribution is -0.138. The fraction of sp³-hybridized carbons (Fsp3) is 0.533. The number of hydrogen-bond donors (Lipinski definition) is 1. The number of morpholine rings is 1. The third-order valence-corrected chi connectivity index (χ3v) is 3.39. The number of nitrogens with one attached hydrogen (secondary N) is 1. The molecule has 0 saturated carbocycles. The predicted molar refractivity (Wildman–Crippen MR) is 75.0 cm³/mol. The number of carbonyl (C=O) groups excluding carboxylic acids is 1. The number of likely N-dealkylation sites (N-methyl/N-ethyl adjacent to an activating group) is 1. The topological polar surface area (TPSA) is 41.6 Å². The first-order chi connectivity index (χ1) is 9.29. The monoisotopic (exact) mass is 262 g/mol. The van der Waals surface area contributed by atoms with E-state index in [1.165, 1.54) is 5.56 Å². The van der Waals surface area contributed by atoms with E-state index in [1.807, 2.05) is 30.1 Å². The van der Waals surface area contributed by atoms with Gasteiger partial charge < -0.3 is 15.0 Å². The molecule has 0 bridgehead atoms. The van der Waals surface area contributed by atoms with Crippen LogP contribution in [0.2, 0.25) is 0 Å². The molecule has 2 rings (SSSR count). The third kappa shape index (κ3) is 4.33. The fourth-order valence-corrected chi connectivity index (χ4v) is 2.35. The Morgan fingerprint density at radius 3 is 2.95 bits per heavy atom. The molecule has 1 fully saturated rings. The van der Waals surface area contributed by atoms with Crippen LogP contribution in [0.25, 0.3) is 0 Å². The number of ether oxygens (including phenoxy) is 1. The fourth-order valence-electron chi connectivity index (χ4n) is 2.35. The van der Waals surface area contributed by atoms with Crippen LogP contribution in [-0.2, 0) is 16.0 Å². The molecule has 19 heavy (non-hydrogen) atoms. The lowest BCUT2D eigenvalue weighted by Crippen LogP contribution is -2.48. The second-order valence-corrected chi connectivity index (χ2v) is 4.88. The molecular formula is C15H22N2O2. The van der Waals surface area contributed by atoms with E-state index in [-0.39, 0.29) is 12.0 Å². The Labute approximate surface area is 114 Å². The maximum atomic E-state index is 12.2. The van der Waals surface area contributed by atoms with Gasteiger partial charge in [-0.15, -0.1) is 0 Å². The van der Waals surface area contributed by atoms with Crippen LogP contribution in [0.1, 0.15) is 12.0 Å². The molecular weight excluding hydrogens is 240 g/mol. The zero-order valence-electron chi connectivity index (χ0n) is 11.5. The highest BCUT2D eigenvalue weighted by atomic mass is 16.5. The second-order valence-electron chi connectivity index (χ2n) is 4.88. The average Bonchev–Trinajstić information content (AvgIpc) is 2.46. The van der Waals surface area contributed by atoms with Crippen molar-refractivity contribution in [1.29, 1.82) is 0 Å². The molecule has 1 unspecified atom stereocenters. The minimum absolute atomic E-state index is 0.124. The van der Waals surface area contributed by atoms with Gasteiger partial charge in [-0.2, -0.15) is 0 Å². The lowest BCUT2D eigenvalue weighted by Gasteiger charge is -2.33. The first kappa shape index (κ1) is 14.0. The summed E-state index contributed by atoms with van der Waals surface area (Å²) >= 11 is 0. The van der Waals surface area contributed by atoms with Crippen molar-refractivity contribution < 1.29 is 9.53 Å². The first-order valence-corrected chi connectivity index (χ1v) is 6.87. The summed E-state index contributed by atoms with van der Waals surface area (Å²) in [5.41, 5.74) is 1.22. The van der Waals surface area contributed by atoms with Crippen molar-refractivity contribution in [2.45, 2.75) is 18.9 Å². The smallest absolute Gasteiger partial charge is 0.223 e. The standard InChI is InChI=1S/C15H22N2O2/c1-16-11-14-12-17(9-10-19-14)15(18)8-7-13-5-3-2-4-6-13/h2-6,14,16H,7-12H2,1H3. The van der Waals surface area contributed by atoms with E-state index in [0.29, 0.717) is 26.1 Å². The van der Waals surface area contributed by atoms with E-state index in [4.69, 9.17) is 4.74 Å². The molecule has 4 nitrogen and oxygen atoms in total. The van der Waals surface area contributed by atoms with Gasteiger partial charge in [0.25, 0.3) is 0 Å². The second kappa shape index (κ2) is 7.26. The molecule has 1 aromatic rings. The minimum Gasteiger partial charge on any atom is -0.373 e. The number of benzene rings is 1. The van der Waals surface area contributed by atoms with Crippen LogP contribution < -0.4 is 5.32 Å². The van der Waals surface area contributed by atoms with Crippen LogP contribution in [0.4, 0.5) is 0 Å². The SMILES string of the molecule is CNCC1CN(C(=O)CCc2ccccc2)CCO1. The van der Waals surface area contributed by atoms with Gasteiger partial charge in [0.2, 0.25) is 5.91 Å². The van der Waals surface area contributed by atoms with E-state index in [9.17, 15) is 4.79 Å². The van der Waals surface area contributed by atoms with Gasteiger partial charge in [-0.05, 0) is 19.0 Å². The van der Waals surface area contributed by atoms with E-state index < -0.39 is 0 Å². The normalized spacial score (nSPS) is 19.4. The van der Waals surface area contributed by atoms with Gasteiger partial charge in [-0.1, -0.05) is 30.3 Å². The van der Waals surface area contributed by atoms with E-state index in [2.05, 4.69) is 17.4 Å². The zero-order valence-corrected chi connectivity index (χ0v) is 11.5. The molecule has 1 aliphatic heterocycles. The number of aryl methyl sites for hydroxylation is 1. The van der Waals surface area contributed by atoms with Crippen LogP contribution in [0.15, 0.2) is 30.3 Å². The zero-order chi connectivity index (χ0) is 13.5. The van der Waals surface area contributed by atoms with Gasteiger partial charge in [0, 0.05) is 26.1 Å². The van der Waals surface area contributed by atoms with Crippen LogP contribution in [0.5, 0.6) is 0 Å². The van der Waals surface area contributed by atoms with Gasteiger partial charge in [0.15, 0.2) is 0 Å². The Hall–Kier alpha value is -1.39. The van der Waals surface area contributed by atoms with Crippen molar-refractivity contribution in [3.8, 4) is 0 Å². The van der Waals surface area contributed by atoms with Crippen molar-refractivity contribution in [3.63, 3.8) is 0 Å². The number of amides is 1. The largest absolute Gasteiger partial charge is 0.373 e. The summed E-state index contributed by atoms with van der Waals surface area (Å²) in [4.78, 5) is 14.1. The van der Waals surface area contributed by atoms with Crippen molar-refractivity contribution in [3.05, 3.63) is 35.9 Å². The maximum absolute atomic E-state index is 12.2. The van der Waals surface area contributed by atoms with E-state index in [1.54, 1.807) is 0 Å². The quantitative estimate of drug-likeness (QED) is 0.863. The summed E-state index contributed by atoms with van der Waals surface area (Å²) < 4.78 is 5.61. The molecule has 4 heteroatoms. The Morgan fingerprint density at radius 2 is 2.21 bits per heavy atom. The lowest BCUT2D eigenvalue weighted by atomic mass is 10.1. The Bertz CT molecular complexity index is 392. The average molecular weight is 262 g/mol. The highest BCUT2D eigenvalue weighted by Gasteiger charge is 2.23. The number of rotatable bonds is 5. The Balaban J connectivity index is 1.79. The van der Waals surface area contributed by atoms with E-state index >= 15 is 0 Å². The summed E-state index contributed by atoms with van der Waals surface area (Å²) in [7, 11) is 1.90. The van der Waals surface area contributed by atoms with Crippen molar-refractivity contribution in [2.24, 2.45) is 0 Å². The minimum atomic E-state index is 0.124. The van der Waals surface area contributed by atoms with Crippen molar-refractivity contribution in [2.75, 3.05) is 33.3 Å². The van der Waals surface area contributed by atoms with Crippen LogP contribution in [0.3, 0.4) is 0 Å². The number of hydrogen-bond acceptors (Lipinski definition) is 3.